The number of hydrogen-bond acceptors (Lipinski definition) is 3. The molecule has 0 fully saturated rings. The van der Waals surface area contributed by atoms with E-state index in [0.717, 1.165) is 32.1 Å². The lowest BCUT2D eigenvalue weighted by atomic mass is 9.86. The largest absolute Gasteiger partial charge is 0.354 e. The van der Waals surface area contributed by atoms with E-state index < -0.39 is 0 Å². The van der Waals surface area contributed by atoms with Gasteiger partial charge in [-0.15, -0.1) is 23.7 Å². The Balaban J connectivity index is 0.00000200. The van der Waals surface area contributed by atoms with Crippen LogP contribution in [-0.2, 0) is 11.2 Å². The molecule has 1 unspecified atom stereocenters. The van der Waals surface area contributed by atoms with Crippen LogP contribution in [0, 0.1) is 0 Å². The van der Waals surface area contributed by atoms with Crippen molar-refractivity contribution in [3.63, 3.8) is 0 Å². The van der Waals surface area contributed by atoms with Crippen molar-refractivity contribution >= 4 is 29.7 Å². The quantitative estimate of drug-likeness (QED) is 0.876. The smallest absolute Gasteiger partial charge is 0.227 e. The molecule has 1 amide bonds. The van der Waals surface area contributed by atoms with Gasteiger partial charge in [-0.2, -0.15) is 0 Å². The molecular weight excluding hydrogens is 292 g/mol. The Bertz CT molecular complexity index is 443. The topological polar surface area (TPSA) is 55.1 Å². The van der Waals surface area contributed by atoms with Gasteiger partial charge in [0.05, 0.1) is 5.92 Å². The van der Waals surface area contributed by atoms with Crippen molar-refractivity contribution in [2.45, 2.75) is 57.4 Å². The molecule has 1 aromatic heterocycles. The van der Waals surface area contributed by atoms with E-state index in [2.05, 4.69) is 30.6 Å². The van der Waals surface area contributed by atoms with Gasteiger partial charge in [-0.25, -0.2) is 0 Å². The summed E-state index contributed by atoms with van der Waals surface area (Å²) in [5.41, 5.74) is 7.21. The van der Waals surface area contributed by atoms with Crippen molar-refractivity contribution in [1.82, 2.24) is 5.32 Å². The van der Waals surface area contributed by atoms with E-state index in [1.165, 1.54) is 10.4 Å². The molecule has 0 saturated heterocycles. The van der Waals surface area contributed by atoms with E-state index in [1.807, 2.05) is 0 Å². The molecule has 0 bridgehead atoms. The number of fused-ring (bicyclic) bond motifs is 1. The van der Waals surface area contributed by atoms with Crippen LogP contribution in [0.1, 0.15) is 55.9 Å². The maximum atomic E-state index is 12.4. The van der Waals surface area contributed by atoms with E-state index in [1.54, 1.807) is 11.3 Å². The van der Waals surface area contributed by atoms with Crippen LogP contribution < -0.4 is 11.1 Å². The molecular formula is C15H25ClN2OS. The highest BCUT2D eigenvalue weighted by Gasteiger charge is 2.29. The summed E-state index contributed by atoms with van der Waals surface area (Å²) in [5.74, 6) is 0.184. The second kappa shape index (κ2) is 7.43. The molecule has 1 aliphatic carbocycles. The monoisotopic (exact) mass is 316 g/mol. The van der Waals surface area contributed by atoms with E-state index in [4.69, 9.17) is 5.73 Å². The van der Waals surface area contributed by atoms with Gasteiger partial charge in [0.1, 0.15) is 0 Å². The molecule has 0 aromatic carbocycles. The summed E-state index contributed by atoms with van der Waals surface area (Å²) in [6.45, 7) is 4.73. The Morgan fingerprint density at radius 3 is 2.85 bits per heavy atom. The van der Waals surface area contributed by atoms with Crippen LogP contribution in [0.3, 0.4) is 0 Å². The van der Waals surface area contributed by atoms with Gasteiger partial charge in [-0.3, -0.25) is 4.79 Å². The van der Waals surface area contributed by atoms with Gasteiger partial charge in [0.15, 0.2) is 0 Å². The van der Waals surface area contributed by atoms with Crippen molar-refractivity contribution in [2.24, 2.45) is 5.73 Å². The number of amides is 1. The second-order valence-corrected chi connectivity index (χ2v) is 6.53. The van der Waals surface area contributed by atoms with Gasteiger partial charge in [0, 0.05) is 17.0 Å². The highest BCUT2D eigenvalue weighted by molar-refractivity contribution is 7.10. The lowest BCUT2D eigenvalue weighted by Crippen LogP contribution is -2.50. The zero-order valence-electron chi connectivity index (χ0n) is 12.3. The second-order valence-electron chi connectivity index (χ2n) is 5.53. The SMILES string of the molecule is CCC(N)(CC)CNC(=O)C1CCCc2sccc21.Cl. The average Bonchev–Trinajstić information content (AvgIpc) is 2.92. The minimum absolute atomic E-state index is 0. The molecule has 0 aliphatic heterocycles. The lowest BCUT2D eigenvalue weighted by molar-refractivity contribution is -0.123. The summed E-state index contributed by atoms with van der Waals surface area (Å²) in [4.78, 5) is 13.8. The number of aryl methyl sites for hydroxylation is 1. The van der Waals surface area contributed by atoms with Crippen LogP contribution in [0.15, 0.2) is 11.4 Å². The predicted octanol–water partition coefficient (Wildman–Crippen LogP) is 3.22. The number of halogens is 1. The van der Waals surface area contributed by atoms with Crippen molar-refractivity contribution < 1.29 is 4.79 Å². The molecule has 20 heavy (non-hydrogen) atoms. The molecule has 3 nitrogen and oxygen atoms in total. The van der Waals surface area contributed by atoms with Crippen LogP contribution in [0.2, 0.25) is 0 Å². The summed E-state index contributed by atoms with van der Waals surface area (Å²) in [5, 5.41) is 5.16. The van der Waals surface area contributed by atoms with Crippen LogP contribution in [0.5, 0.6) is 0 Å². The minimum atomic E-state index is -0.262. The van der Waals surface area contributed by atoms with Crippen molar-refractivity contribution in [3.8, 4) is 0 Å². The maximum Gasteiger partial charge on any atom is 0.227 e. The fourth-order valence-corrected chi connectivity index (χ4v) is 3.63. The maximum absolute atomic E-state index is 12.4. The third-order valence-corrected chi connectivity index (χ3v) is 5.39. The molecule has 5 heteroatoms. The third kappa shape index (κ3) is 3.74. The van der Waals surface area contributed by atoms with Gasteiger partial charge >= 0.3 is 0 Å². The Labute approximate surface area is 131 Å². The number of hydrogen-bond donors (Lipinski definition) is 2. The summed E-state index contributed by atoms with van der Waals surface area (Å²) in [7, 11) is 0. The first-order valence-electron chi connectivity index (χ1n) is 7.22. The van der Waals surface area contributed by atoms with Crippen LogP contribution in [0.25, 0.3) is 0 Å². The van der Waals surface area contributed by atoms with Crippen molar-refractivity contribution in [3.05, 3.63) is 21.9 Å². The molecule has 1 heterocycles. The van der Waals surface area contributed by atoms with E-state index in [0.29, 0.717) is 6.54 Å². The fraction of sp³-hybridized carbons (Fsp3) is 0.667. The molecule has 1 aromatic rings. The summed E-state index contributed by atoms with van der Waals surface area (Å²) < 4.78 is 0. The molecule has 3 N–H and O–H groups in total. The highest BCUT2D eigenvalue weighted by Crippen LogP contribution is 2.35. The molecule has 2 rings (SSSR count). The number of carbonyl (C=O) groups excluding carboxylic acids is 1. The van der Waals surface area contributed by atoms with Crippen LogP contribution >= 0.6 is 23.7 Å². The normalized spacial score (nSPS) is 18.1. The first-order valence-corrected chi connectivity index (χ1v) is 8.10. The van der Waals surface area contributed by atoms with Gasteiger partial charge < -0.3 is 11.1 Å². The molecule has 1 aliphatic rings. The molecule has 1 atom stereocenters. The fourth-order valence-electron chi connectivity index (χ4n) is 2.65. The Hall–Kier alpha value is -0.580. The van der Waals surface area contributed by atoms with E-state index >= 15 is 0 Å². The Morgan fingerprint density at radius 1 is 1.50 bits per heavy atom. The molecule has 0 radical (unpaired) electrons. The predicted molar refractivity (Wildman–Crippen MR) is 87.8 cm³/mol. The zero-order chi connectivity index (χ0) is 13.9. The Morgan fingerprint density at radius 2 is 2.20 bits per heavy atom. The van der Waals surface area contributed by atoms with Gasteiger partial charge in [0.2, 0.25) is 5.91 Å². The van der Waals surface area contributed by atoms with Crippen molar-refractivity contribution in [2.75, 3.05) is 6.54 Å². The highest BCUT2D eigenvalue weighted by atomic mass is 35.5. The summed E-state index contributed by atoms with van der Waals surface area (Å²) >= 11 is 1.77. The standard InChI is InChI=1S/C15H24N2OS.ClH/c1-3-15(16,4-2)10-17-14(18)12-6-5-7-13-11(12)8-9-19-13;/h8-9,12H,3-7,10,16H2,1-2H3,(H,17,18);1H. The molecule has 0 saturated carbocycles. The van der Waals surface area contributed by atoms with Gasteiger partial charge in [-0.05, 0) is 49.1 Å². The number of thiophene rings is 1. The number of rotatable bonds is 5. The molecule has 0 spiro atoms. The lowest BCUT2D eigenvalue weighted by Gasteiger charge is -2.29. The number of carbonyl (C=O) groups is 1. The summed E-state index contributed by atoms with van der Waals surface area (Å²) in [6, 6.07) is 2.11. The Kier molecular flexibility index (Phi) is 6.49. The molecule has 114 valence electrons. The first kappa shape index (κ1) is 17.5. The summed E-state index contributed by atoms with van der Waals surface area (Å²) in [6.07, 6.45) is 4.98. The first-order chi connectivity index (χ1) is 9.09. The van der Waals surface area contributed by atoms with Crippen LogP contribution in [0.4, 0.5) is 0 Å². The van der Waals surface area contributed by atoms with E-state index in [9.17, 15) is 4.79 Å². The number of nitrogens with two attached hydrogens (primary N) is 1. The zero-order valence-corrected chi connectivity index (χ0v) is 13.9. The van der Waals surface area contributed by atoms with Gasteiger partial charge in [0.25, 0.3) is 0 Å². The average molecular weight is 317 g/mol. The third-order valence-electron chi connectivity index (χ3n) is 4.39. The van der Waals surface area contributed by atoms with E-state index in [-0.39, 0.29) is 29.8 Å². The van der Waals surface area contributed by atoms with Crippen LogP contribution in [-0.4, -0.2) is 18.0 Å². The minimum Gasteiger partial charge on any atom is -0.354 e. The number of nitrogens with one attached hydrogen (secondary N) is 1. The van der Waals surface area contributed by atoms with Gasteiger partial charge in [-0.1, -0.05) is 13.8 Å². The van der Waals surface area contributed by atoms with Crippen molar-refractivity contribution in [1.29, 1.82) is 0 Å².